The Morgan fingerprint density at radius 1 is 1.30 bits per heavy atom. The number of methoxy groups -OCH3 is 1. The van der Waals surface area contributed by atoms with Crippen LogP contribution in [0.15, 0.2) is 18.2 Å². The van der Waals surface area contributed by atoms with Crippen LogP contribution in [0.5, 0.6) is 5.88 Å². The Morgan fingerprint density at radius 3 is 2.65 bits per heavy atom. The highest BCUT2D eigenvalue weighted by Crippen LogP contribution is 2.18. The predicted octanol–water partition coefficient (Wildman–Crippen LogP) is 1.34. The van der Waals surface area contributed by atoms with Crippen LogP contribution in [-0.4, -0.2) is 55.8 Å². The van der Waals surface area contributed by atoms with Crippen LogP contribution in [0, 0.1) is 0 Å². The fourth-order valence-electron chi connectivity index (χ4n) is 2.79. The third-order valence-electron chi connectivity index (χ3n) is 3.97. The molecule has 2 N–H and O–H groups in total. The third kappa shape index (κ3) is 3.61. The number of hydrogen-bond donors (Lipinski definition) is 1. The number of piperazine rings is 1. The average molecular weight is 278 g/mol. The van der Waals surface area contributed by atoms with Crippen molar-refractivity contribution in [3.63, 3.8) is 0 Å². The SMILES string of the molecule is CCCC(CN)N1CCN(c2cccc(OC)n2)CC1. The maximum atomic E-state index is 5.89. The molecular weight excluding hydrogens is 252 g/mol. The molecule has 0 saturated carbocycles. The van der Waals surface area contributed by atoms with Gasteiger partial charge in [-0.2, -0.15) is 4.98 Å². The minimum atomic E-state index is 0.528. The highest BCUT2D eigenvalue weighted by Gasteiger charge is 2.23. The first-order chi connectivity index (χ1) is 9.78. The van der Waals surface area contributed by atoms with E-state index in [4.69, 9.17) is 10.5 Å². The van der Waals surface area contributed by atoms with Gasteiger partial charge in [-0.15, -0.1) is 0 Å². The van der Waals surface area contributed by atoms with Crippen LogP contribution in [0.2, 0.25) is 0 Å². The Hall–Kier alpha value is -1.33. The summed E-state index contributed by atoms with van der Waals surface area (Å²) < 4.78 is 5.19. The summed E-state index contributed by atoms with van der Waals surface area (Å²) >= 11 is 0. The van der Waals surface area contributed by atoms with Crippen molar-refractivity contribution >= 4 is 5.82 Å². The van der Waals surface area contributed by atoms with Gasteiger partial charge >= 0.3 is 0 Å². The molecule has 112 valence electrons. The third-order valence-corrected chi connectivity index (χ3v) is 3.97. The van der Waals surface area contributed by atoms with E-state index in [1.807, 2.05) is 18.2 Å². The van der Waals surface area contributed by atoms with Crippen LogP contribution >= 0.6 is 0 Å². The molecule has 0 spiro atoms. The Labute approximate surface area is 121 Å². The number of ether oxygens (including phenoxy) is 1. The molecule has 1 aromatic heterocycles. The van der Waals surface area contributed by atoms with Gasteiger partial charge in [0.2, 0.25) is 5.88 Å². The second-order valence-corrected chi connectivity index (χ2v) is 5.24. The zero-order valence-corrected chi connectivity index (χ0v) is 12.6. The van der Waals surface area contributed by atoms with E-state index in [0.29, 0.717) is 11.9 Å². The summed E-state index contributed by atoms with van der Waals surface area (Å²) in [5, 5.41) is 0. The summed E-state index contributed by atoms with van der Waals surface area (Å²) in [7, 11) is 1.65. The van der Waals surface area contributed by atoms with Crippen molar-refractivity contribution < 1.29 is 4.74 Å². The fraction of sp³-hybridized carbons (Fsp3) is 0.667. The van der Waals surface area contributed by atoms with E-state index in [0.717, 1.165) is 38.5 Å². The van der Waals surface area contributed by atoms with Gasteiger partial charge in [0.25, 0.3) is 0 Å². The minimum Gasteiger partial charge on any atom is -0.481 e. The molecule has 5 nitrogen and oxygen atoms in total. The molecule has 1 unspecified atom stereocenters. The molecular formula is C15H26N4O. The second kappa shape index (κ2) is 7.45. The molecule has 1 atom stereocenters. The monoisotopic (exact) mass is 278 g/mol. The summed E-state index contributed by atoms with van der Waals surface area (Å²) in [6.07, 6.45) is 2.38. The van der Waals surface area contributed by atoms with Gasteiger partial charge in [0.1, 0.15) is 5.82 Å². The molecule has 0 amide bonds. The first-order valence-corrected chi connectivity index (χ1v) is 7.48. The van der Waals surface area contributed by atoms with Crippen molar-refractivity contribution in [2.24, 2.45) is 5.73 Å². The zero-order chi connectivity index (χ0) is 14.4. The molecule has 0 bridgehead atoms. The number of hydrogen-bond acceptors (Lipinski definition) is 5. The zero-order valence-electron chi connectivity index (χ0n) is 12.6. The molecule has 2 rings (SSSR count). The molecule has 0 aliphatic carbocycles. The molecule has 1 fully saturated rings. The highest BCUT2D eigenvalue weighted by molar-refractivity contribution is 5.41. The standard InChI is InChI=1S/C15H26N4O/c1-3-5-13(12-16)18-8-10-19(11-9-18)14-6-4-7-15(17-14)20-2/h4,6-7,13H,3,5,8-12,16H2,1-2H3. The normalized spacial score (nSPS) is 18.1. The van der Waals surface area contributed by atoms with E-state index in [1.54, 1.807) is 7.11 Å². The summed E-state index contributed by atoms with van der Waals surface area (Å²) in [5.74, 6) is 1.68. The molecule has 1 aliphatic heterocycles. The van der Waals surface area contributed by atoms with E-state index in [9.17, 15) is 0 Å². The van der Waals surface area contributed by atoms with Crippen LogP contribution in [0.1, 0.15) is 19.8 Å². The lowest BCUT2D eigenvalue weighted by molar-refractivity contribution is 0.179. The molecule has 0 radical (unpaired) electrons. The van der Waals surface area contributed by atoms with Crippen LogP contribution in [0.4, 0.5) is 5.82 Å². The number of aromatic nitrogens is 1. The van der Waals surface area contributed by atoms with Crippen molar-refractivity contribution in [1.29, 1.82) is 0 Å². The van der Waals surface area contributed by atoms with Crippen LogP contribution in [-0.2, 0) is 0 Å². The van der Waals surface area contributed by atoms with Gasteiger partial charge in [0.15, 0.2) is 0 Å². The fourth-order valence-corrected chi connectivity index (χ4v) is 2.79. The smallest absolute Gasteiger partial charge is 0.214 e. The first-order valence-electron chi connectivity index (χ1n) is 7.48. The number of rotatable bonds is 6. The lowest BCUT2D eigenvalue weighted by Gasteiger charge is -2.39. The predicted molar refractivity (Wildman–Crippen MR) is 82.3 cm³/mol. The maximum absolute atomic E-state index is 5.89. The van der Waals surface area contributed by atoms with Crippen molar-refractivity contribution in [1.82, 2.24) is 9.88 Å². The topological polar surface area (TPSA) is 54.6 Å². The summed E-state index contributed by atoms with van der Waals surface area (Å²) in [4.78, 5) is 9.33. The number of anilines is 1. The Balaban J connectivity index is 1.93. The van der Waals surface area contributed by atoms with Gasteiger partial charge in [-0.3, -0.25) is 4.90 Å². The van der Waals surface area contributed by atoms with E-state index in [1.165, 1.54) is 12.8 Å². The van der Waals surface area contributed by atoms with Gasteiger partial charge in [-0.05, 0) is 12.5 Å². The highest BCUT2D eigenvalue weighted by atomic mass is 16.5. The van der Waals surface area contributed by atoms with Crippen molar-refractivity contribution in [2.75, 3.05) is 44.7 Å². The number of pyridine rings is 1. The largest absolute Gasteiger partial charge is 0.481 e. The molecule has 2 heterocycles. The maximum Gasteiger partial charge on any atom is 0.214 e. The van der Waals surface area contributed by atoms with Gasteiger partial charge in [0, 0.05) is 44.8 Å². The van der Waals surface area contributed by atoms with Crippen molar-refractivity contribution in [3.8, 4) is 5.88 Å². The van der Waals surface area contributed by atoms with E-state index in [-0.39, 0.29) is 0 Å². The van der Waals surface area contributed by atoms with Gasteiger partial charge < -0.3 is 15.4 Å². The van der Waals surface area contributed by atoms with Crippen molar-refractivity contribution in [2.45, 2.75) is 25.8 Å². The lowest BCUT2D eigenvalue weighted by Crippen LogP contribution is -2.52. The summed E-state index contributed by atoms with van der Waals surface area (Å²) in [5.41, 5.74) is 5.89. The summed E-state index contributed by atoms with van der Waals surface area (Å²) in [6.45, 7) is 7.09. The van der Waals surface area contributed by atoms with Crippen LogP contribution in [0.3, 0.4) is 0 Å². The minimum absolute atomic E-state index is 0.528. The van der Waals surface area contributed by atoms with Crippen molar-refractivity contribution in [3.05, 3.63) is 18.2 Å². The van der Waals surface area contributed by atoms with Gasteiger partial charge in [0.05, 0.1) is 7.11 Å². The first kappa shape index (κ1) is 15.1. The molecule has 1 aliphatic rings. The van der Waals surface area contributed by atoms with Crippen LogP contribution < -0.4 is 15.4 Å². The van der Waals surface area contributed by atoms with Gasteiger partial charge in [-0.25, -0.2) is 0 Å². The lowest BCUT2D eigenvalue weighted by atomic mass is 10.1. The summed E-state index contributed by atoms with van der Waals surface area (Å²) in [6, 6.07) is 6.45. The average Bonchev–Trinajstić information content (AvgIpc) is 2.53. The quantitative estimate of drug-likeness (QED) is 0.851. The van der Waals surface area contributed by atoms with Crippen LogP contribution in [0.25, 0.3) is 0 Å². The van der Waals surface area contributed by atoms with E-state index in [2.05, 4.69) is 21.7 Å². The van der Waals surface area contributed by atoms with E-state index >= 15 is 0 Å². The molecule has 5 heteroatoms. The Morgan fingerprint density at radius 2 is 2.05 bits per heavy atom. The molecule has 0 aromatic carbocycles. The molecule has 1 aromatic rings. The second-order valence-electron chi connectivity index (χ2n) is 5.24. The number of nitrogens with zero attached hydrogens (tertiary/aromatic N) is 3. The molecule has 1 saturated heterocycles. The molecule has 20 heavy (non-hydrogen) atoms. The Kier molecular flexibility index (Phi) is 5.61. The van der Waals surface area contributed by atoms with Gasteiger partial charge in [-0.1, -0.05) is 19.4 Å². The van der Waals surface area contributed by atoms with E-state index < -0.39 is 0 Å². The Bertz CT molecular complexity index is 405. The number of nitrogens with two attached hydrogens (primary N) is 1.